The first kappa shape index (κ1) is 13.5. The molecule has 17 heavy (non-hydrogen) atoms. The van der Waals surface area contributed by atoms with E-state index in [1.54, 1.807) is 24.1 Å². The minimum atomic E-state index is -3.08. The number of benzene rings is 1. The average molecular weight is 256 g/mol. The smallest absolute Gasteiger partial charge is 0.149 e. The average Bonchev–Trinajstić information content (AvgIpc) is 2.24. The highest BCUT2D eigenvalue weighted by atomic mass is 32.2. The normalized spacial score (nSPS) is 10.9. The van der Waals surface area contributed by atoms with Crippen LogP contribution in [0.5, 0.6) is 0 Å². The first-order valence-corrected chi connectivity index (χ1v) is 6.98. The summed E-state index contributed by atoms with van der Waals surface area (Å²) in [5, 5.41) is 8.84. The van der Waals surface area contributed by atoms with Gasteiger partial charge in [0.2, 0.25) is 0 Å². The van der Waals surface area contributed by atoms with Gasteiger partial charge >= 0.3 is 0 Å². The number of rotatable bonds is 4. The van der Waals surface area contributed by atoms with Crippen LogP contribution in [0.1, 0.15) is 5.56 Å². The van der Waals surface area contributed by atoms with Crippen molar-refractivity contribution in [2.45, 2.75) is 0 Å². The van der Waals surface area contributed by atoms with Crippen molar-refractivity contribution < 1.29 is 12.8 Å². The summed E-state index contributed by atoms with van der Waals surface area (Å²) < 4.78 is 35.4. The molecule has 0 radical (unpaired) electrons. The Bertz CT molecular complexity index is 549. The van der Waals surface area contributed by atoms with Crippen LogP contribution in [-0.4, -0.2) is 34.0 Å². The first-order chi connectivity index (χ1) is 7.85. The Kier molecular flexibility index (Phi) is 4.07. The molecule has 0 spiro atoms. The predicted molar refractivity (Wildman–Crippen MR) is 64.1 cm³/mol. The molecule has 1 aromatic rings. The zero-order valence-corrected chi connectivity index (χ0v) is 10.5. The summed E-state index contributed by atoms with van der Waals surface area (Å²) in [6.07, 6.45) is 1.14. The maximum absolute atomic E-state index is 13.3. The van der Waals surface area contributed by atoms with Crippen LogP contribution in [0.15, 0.2) is 18.2 Å². The lowest BCUT2D eigenvalue weighted by atomic mass is 10.1. The molecule has 0 fully saturated rings. The lowest BCUT2D eigenvalue weighted by Gasteiger charge is -2.20. The van der Waals surface area contributed by atoms with Crippen LogP contribution in [0.4, 0.5) is 10.1 Å². The van der Waals surface area contributed by atoms with E-state index in [1.807, 2.05) is 0 Å². The van der Waals surface area contributed by atoms with E-state index in [9.17, 15) is 12.8 Å². The molecule has 0 aliphatic rings. The quantitative estimate of drug-likeness (QED) is 0.811. The highest BCUT2D eigenvalue weighted by Gasteiger charge is 2.13. The Morgan fingerprint density at radius 2 is 2.12 bits per heavy atom. The maximum Gasteiger partial charge on any atom is 0.149 e. The highest BCUT2D eigenvalue weighted by molar-refractivity contribution is 7.90. The van der Waals surface area contributed by atoms with Gasteiger partial charge in [-0.05, 0) is 12.1 Å². The van der Waals surface area contributed by atoms with Crippen molar-refractivity contribution in [3.8, 4) is 6.07 Å². The van der Waals surface area contributed by atoms with Gasteiger partial charge < -0.3 is 4.90 Å². The number of hydrogen-bond acceptors (Lipinski definition) is 4. The molecule has 0 saturated heterocycles. The Morgan fingerprint density at radius 1 is 1.47 bits per heavy atom. The van der Waals surface area contributed by atoms with Crippen molar-refractivity contribution in [1.29, 1.82) is 5.26 Å². The van der Waals surface area contributed by atoms with Crippen LogP contribution in [0, 0.1) is 17.1 Å². The lowest BCUT2D eigenvalue weighted by Crippen LogP contribution is -2.25. The largest absolute Gasteiger partial charge is 0.372 e. The standard InChI is InChI=1S/C11H13FN2O2S/c1-14(6-7-17(2,15)16)11-5-3-4-10(12)9(11)8-13/h3-5H,6-7H2,1-2H3. The highest BCUT2D eigenvalue weighted by Crippen LogP contribution is 2.21. The van der Waals surface area contributed by atoms with E-state index >= 15 is 0 Å². The summed E-state index contributed by atoms with van der Waals surface area (Å²) in [7, 11) is -1.45. The van der Waals surface area contributed by atoms with Gasteiger partial charge in [0.1, 0.15) is 27.3 Å². The molecule has 1 aromatic carbocycles. The summed E-state index contributed by atoms with van der Waals surface area (Å²) >= 11 is 0. The Morgan fingerprint density at radius 3 is 2.65 bits per heavy atom. The summed E-state index contributed by atoms with van der Waals surface area (Å²) in [6.45, 7) is 0.219. The van der Waals surface area contributed by atoms with Crippen LogP contribution in [0.3, 0.4) is 0 Å². The van der Waals surface area contributed by atoms with Gasteiger partial charge in [0.05, 0.1) is 11.4 Å². The van der Waals surface area contributed by atoms with Crippen molar-refractivity contribution in [2.75, 3.05) is 30.5 Å². The molecule has 0 unspecified atom stereocenters. The van der Waals surface area contributed by atoms with E-state index < -0.39 is 15.7 Å². The molecule has 0 saturated carbocycles. The molecule has 0 amide bonds. The van der Waals surface area contributed by atoms with Crippen molar-refractivity contribution in [2.24, 2.45) is 0 Å². The number of nitrogens with zero attached hydrogens (tertiary/aromatic N) is 2. The van der Waals surface area contributed by atoms with Gasteiger partial charge in [0, 0.05) is 19.8 Å². The maximum atomic E-state index is 13.3. The van der Waals surface area contributed by atoms with Crippen LogP contribution < -0.4 is 4.90 Å². The van der Waals surface area contributed by atoms with Crippen LogP contribution in [0.2, 0.25) is 0 Å². The van der Waals surface area contributed by atoms with Gasteiger partial charge in [0.15, 0.2) is 0 Å². The van der Waals surface area contributed by atoms with E-state index in [0.29, 0.717) is 5.69 Å². The third kappa shape index (κ3) is 3.71. The molecule has 0 heterocycles. The van der Waals surface area contributed by atoms with Crippen molar-refractivity contribution in [3.63, 3.8) is 0 Å². The van der Waals surface area contributed by atoms with E-state index in [0.717, 1.165) is 6.26 Å². The molecule has 92 valence electrons. The van der Waals surface area contributed by atoms with E-state index in [2.05, 4.69) is 0 Å². The van der Waals surface area contributed by atoms with Gasteiger partial charge in [-0.15, -0.1) is 0 Å². The molecular formula is C11H13FN2O2S. The molecule has 0 N–H and O–H groups in total. The Labute approximate surface area is 100 Å². The molecule has 6 heteroatoms. The monoisotopic (exact) mass is 256 g/mol. The number of sulfone groups is 1. The molecule has 0 atom stereocenters. The molecule has 0 aromatic heterocycles. The van der Waals surface area contributed by atoms with Crippen LogP contribution in [0.25, 0.3) is 0 Å². The zero-order chi connectivity index (χ0) is 13.1. The number of halogens is 1. The number of anilines is 1. The molecule has 4 nitrogen and oxygen atoms in total. The van der Waals surface area contributed by atoms with Gasteiger partial charge in [0.25, 0.3) is 0 Å². The SMILES string of the molecule is CN(CCS(C)(=O)=O)c1cccc(F)c1C#N. The third-order valence-corrected chi connectivity index (χ3v) is 3.24. The van der Waals surface area contributed by atoms with Crippen molar-refractivity contribution in [3.05, 3.63) is 29.6 Å². The third-order valence-electron chi connectivity index (χ3n) is 2.31. The van der Waals surface area contributed by atoms with E-state index in [1.165, 1.54) is 12.1 Å². The molecule has 0 aliphatic heterocycles. The zero-order valence-electron chi connectivity index (χ0n) is 9.64. The molecule has 0 aliphatic carbocycles. The van der Waals surface area contributed by atoms with Gasteiger partial charge in [-0.2, -0.15) is 5.26 Å². The van der Waals surface area contributed by atoms with Crippen molar-refractivity contribution >= 4 is 15.5 Å². The summed E-state index contributed by atoms with van der Waals surface area (Å²) in [5.74, 6) is -0.638. The van der Waals surface area contributed by atoms with Gasteiger partial charge in [-0.3, -0.25) is 0 Å². The fourth-order valence-electron chi connectivity index (χ4n) is 1.36. The van der Waals surface area contributed by atoms with Gasteiger partial charge in [-0.1, -0.05) is 6.07 Å². The first-order valence-electron chi connectivity index (χ1n) is 4.92. The summed E-state index contributed by atoms with van der Waals surface area (Å²) in [6, 6.07) is 6.05. The summed E-state index contributed by atoms with van der Waals surface area (Å²) in [4.78, 5) is 1.56. The fourth-order valence-corrected chi connectivity index (χ4v) is 1.97. The number of nitriles is 1. The van der Waals surface area contributed by atoms with Gasteiger partial charge in [-0.25, -0.2) is 12.8 Å². The lowest BCUT2D eigenvalue weighted by molar-refractivity contribution is 0.601. The fraction of sp³-hybridized carbons (Fsp3) is 0.364. The van der Waals surface area contributed by atoms with Crippen LogP contribution in [-0.2, 0) is 9.84 Å². The second kappa shape index (κ2) is 5.15. The summed E-state index contributed by atoms with van der Waals surface area (Å²) in [5.41, 5.74) is 0.333. The van der Waals surface area contributed by atoms with E-state index in [-0.39, 0.29) is 17.9 Å². The van der Waals surface area contributed by atoms with Crippen LogP contribution >= 0.6 is 0 Å². The second-order valence-electron chi connectivity index (χ2n) is 3.80. The Balaban J connectivity index is 2.94. The van der Waals surface area contributed by atoms with Crippen molar-refractivity contribution in [1.82, 2.24) is 0 Å². The number of hydrogen-bond donors (Lipinski definition) is 0. The molecule has 0 bridgehead atoms. The predicted octanol–water partition coefficient (Wildman–Crippen LogP) is 1.18. The Hall–Kier alpha value is -1.61. The minimum Gasteiger partial charge on any atom is -0.372 e. The molecule has 1 rings (SSSR count). The molecular weight excluding hydrogens is 243 g/mol. The topological polar surface area (TPSA) is 61.2 Å². The minimum absolute atomic E-state index is 0.0368. The second-order valence-corrected chi connectivity index (χ2v) is 6.06. The van der Waals surface area contributed by atoms with E-state index in [4.69, 9.17) is 5.26 Å².